The Hall–Kier alpha value is -1.32. The minimum absolute atomic E-state index is 0.421. The Bertz CT molecular complexity index is 552. The van der Waals surface area contributed by atoms with Gasteiger partial charge in [0.05, 0.1) is 7.11 Å². The molecule has 0 radical (unpaired) electrons. The maximum atomic E-state index is 6.47. The molecule has 2 nitrogen and oxygen atoms in total. The van der Waals surface area contributed by atoms with Gasteiger partial charge in [-0.15, -0.1) is 0 Å². The van der Waals surface area contributed by atoms with E-state index >= 15 is 0 Å². The van der Waals surface area contributed by atoms with Crippen LogP contribution in [0.1, 0.15) is 18.1 Å². The van der Waals surface area contributed by atoms with Crippen LogP contribution in [0.15, 0.2) is 53.0 Å². The summed E-state index contributed by atoms with van der Waals surface area (Å²) < 4.78 is 6.44. The van der Waals surface area contributed by atoms with Gasteiger partial charge in [-0.2, -0.15) is 0 Å². The Balaban J connectivity index is 2.32. The maximum Gasteiger partial charge on any atom is 0.122 e. The highest BCUT2D eigenvalue weighted by atomic mass is 79.9. The van der Waals surface area contributed by atoms with E-state index in [9.17, 15) is 0 Å². The van der Waals surface area contributed by atoms with Crippen molar-refractivity contribution in [2.24, 2.45) is 5.73 Å². The lowest BCUT2D eigenvalue weighted by atomic mass is 9.86. The summed E-state index contributed by atoms with van der Waals surface area (Å²) in [5.74, 6) is 0.871. The van der Waals surface area contributed by atoms with Gasteiger partial charge in [0.25, 0.3) is 0 Å². The molecule has 2 N–H and O–H groups in total. The summed E-state index contributed by atoms with van der Waals surface area (Å²) in [6.45, 7) is 2.04. The molecule has 0 aliphatic carbocycles. The van der Waals surface area contributed by atoms with Crippen LogP contribution >= 0.6 is 15.9 Å². The molecule has 0 aliphatic rings. The zero-order valence-electron chi connectivity index (χ0n) is 11.2. The first-order chi connectivity index (χ1) is 9.03. The SMILES string of the molecule is COc1ccc(Br)cc1CC(C)(N)c1ccccc1. The third kappa shape index (κ3) is 3.37. The summed E-state index contributed by atoms with van der Waals surface area (Å²) in [7, 11) is 1.68. The van der Waals surface area contributed by atoms with Crippen LogP contribution in [0.25, 0.3) is 0 Å². The van der Waals surface area contributed by atoms with Crippen molar-refractivity contribution in [2.75, 3.05) is 7.11 Å². The quantitative estimate of drug-likeness (QED) is 0.928. The van der Waals surface area contributed by atoms with E-state index in [0.29, 0.717) is 0 Å². The number of hydrogen-bond donors (Lipinski definition) is 1. The van der Waals surface area contributed by atoms with Crippen molar-refractivity contribution in [1.82, 2.24) is 0 Å². The summed E-state index contributed by atoms with van der Waals surface area (Å²) in [5.41, 5.74) is 8.28. The van der Waals surface area contributed by atoms with Crippen molar-refractivity contribution in [3.63, 3.8) is 0 Å². The normalized spacial score (nSPS) is 13.9. The number of halogens is 1. The fourth-order valence-corrected chi connectivity index (χ4v) is 2.61. The molecule has 19 heavy (non-hydrogen) atoms. The molecule has 0 heterocycles. The van der Waals surface area contributed by atoms with Gasteiger partial charge in [-0.3, -0.25) is 0 Å². The zero-order valence-corrected chi connectivity index (χ0v) is 12.8. The fourth-order valence-electron chi connectivity index (χ4n) is 2.20. The third-order valence-electron chi connectivity index (χ3n) is 3.23. The van der Waals surface area contributed by atoms with E-state index in [4.69, 9.17) is 10.5 Å². The number of ether oxygens (including phenoxy) is 1. The second-order valence-electron chi connectivity index (χ2n) is 4.92. The van der Waals surface area contributed by atoms with E-state index in [0.717, 1.165) is 27.8 Å². The Morgan fingerprint density at radius 1 is 1.16 bits per heavy atom. The minimum atomic E-state index is -0.421. The van der Waals surface area contributed by atoms with Gasteiger partial charge in [0.2, 0.25) is 0 Å². The molecule has 0 saturated carbocycles. The lowest BCUT2D eigenvalue weighted by Crippen LogP contribution is -2.35. The van der Waals surface area contributed by atoms with Crippen molar-refractivity contribution >= 4 is 15.9 Å². The average molecular weight is 320 g/mol. The van der Waals surface area contributed by atoms with E-state index in [1.807, 2.05) is 37.3 Å². The number of rotatable bonds is 4. The second-order valence-corrected chi connectivity index (χ2v) is 5.83. The van der Waals surface area contributed by atoms with Gasteiger partial charge in [-0.25, -0.2) is 0 Å². The molecule has 0 amide bonds. The molecule has 100 valence electrons. The van der Waals surface area contributed by atoms with Crippen molar-refractivity contribution in [3.8, 4) is 5.75 Å². The minimum Gasteiger partial charge on any atom is -0.496 e. The smallest absolute Gasteiger partial charge is 0.122 e. The van der Waals surface area contributed by atoms with Gasteiger partial charge in [0.1, 0.15) is 5.75 Å². The summed E-state index contributed by atoms with van der Waals surface area (Å²) in [4.78, 5) is 0. The molecule has 3 heteroatoms. The van der Waals surface area contributed by atoms with Gasteiger partial charge in [-0.1, -0.05) is 46.3 Å². The van der Waals surface area contributed by atoms with Crippen molar-refractivity contribution in [3.05, 3.63) is 64.1 Å². The van der Waals surface area contributed by atoms with E-state index < -0.39 is 5.54 Å². The van der Waals surface area contributed by atoms with Crippen LogP contribution in [0.3, 0.4) is 0 Å². The molecule has 1 atom stereocenters. The Morgan fingerprint density at radius 3 is 2.47 bits per heavy atom. The van der Waals surface area contributed by atoms with Crippen LogP contribution in [0, 0.1) is 0 Å². The molecule has 0 saturated heterocycles. The fraction of sp³-hybridized carbons (Fsp3) is 0.250. The van der Waals surface area contributed by atoms with Crippen molar-refractivity contribution in [2.45, 2.75) is 18.9 Å². The van der Waals surface area contributed by atoms with Gasteiger partial charge < -0.3 is 10.5 Å². The molecular formula is C16H18BrNO. The summed E-state index contributed by atoms with van der Waals surface area (Å²) >= 11 is 3.49. The van der Waals surface area contributed by atoms with Gasteiger partial charge in [0.15, 0.2) is 0 Å². The van der Waals surface area contributed by atoms with Gasteiger partial charge in [0, 0.05) is 10.0 Å². The van der Waals surface area contributed by atoms with Crippen LogP contribution in [0.2, 0.25) is 0 Å². The van der Waals surface area contributed by atoms with Gasteiger partial charge in [-0.05, 0) is 42.7 Å². The average Bonchev–Trinajstić information content (AvgIpc) is 2.39. The zero-order chi connectivity index (χ0) is 13.9. The number of methoxy groups -OCH3 is 1. The Kier molecular flexibility index (Phi) is 4.27. The summed E-state index contributed by atoms with van der Waals surface area (Å²) in [6.07, 6.45) is 0.722. The third-order valence-corrected chi connectivity index (χ3v) is 3.73. The Labute approximate surface area is 122 Å². The first kappa shape index (κ1) is 14.1. The summed E-state index contributed by atoms with van der Waals surface area (Å²) in [6, 6.07) is 16.1. The standard InChI is InChI=1S/C16H18BrNO/c1-16(18,13-6-4-3-5-7-13)11-12-10-14(17)8-9-15(12)19-2/h3-10H,11,18H2,1-2H3. The molecule has 1 unspecified atom stereocenters. The van der Waals surface area contributed by atoms with Crippen LogP contribution in [-0.4, -0.2) is 7.11 Å². The number of nitrogens with two attached hydrogens (primary N) is 1. The second kappa shape index (κ2) is 5.76. The van der Waals surface area contributed by atoms with Crippen LogP contribution in [0.4, 0.5) is 0 Å². The van der Waals surface area contributed by atoms with Crippen molar-refractivity contribution < 1.29 is 4.74 Å². The van der Waals surface area contributed by atoms with Crippen LogP contribution in [-0.2, 0) is 12.0 Å². The first-order valence-corrected chi connectivity index (χ1v) is 6.99. The molecule has 2 aromatic carbocycles. The van der Waals surface area contributed by atoms with Gasteiger partial charge >= 0.3 is 0 Å². The molecule has 0 fully saturated rings. The first-order valence-electron chi connectivity index (χ1n) is 6.20. The van der Waals surface area contributed by atoms with Crippen LogP contribution in [0.5, 0.6) is 5.75 Å². The predicted molar refractivity (Wildman–Crippen MR) is 82.4 cm³/mol. The molecule has 2 aromatic rings. The van der Waals surface area contributed by atoms with E-state index in [1.165, 1.54) is 0 Å². The molecule has 2 rings (SSSR count). The lowest BCUT2D eigenvalue weighted by Gasteiger charge is -2.26. The van der Waals surface area contributed by atoms with Crippen LogP contribution < -0.4 is 10.5 Å². The maximum absolute atomic E-state index is 6.47. The number of hydrogen-bond acceptors (Lipinski definition) is 2. The largest absolute Gasteiger partial charge is 0.496 e. The molecule has 0 bridgehead atoms. The van der Waals surface area contributed by atoms with Crippen molar-refractivity contribution in [1.29, 1.82) is 0 Å². The molecular weight excluding hydrogens is 302 g/mol. The van der Waals surface area contributed by atoms with E-state index in [1.54, 1.807) is 7.11 Å². The molecule has 0 aliphatic heterocycles. The lowest BCUT2D eigenvalue weighted by molar-refractivity contribution is 0.399. The molecule has 0 spiro atoms. The predicted octanol–water partition coefficient (Wildman–Crippen LogP) is 3.87. The summed E-state index contributed by atoms with van der Waals surface area (Å²) in [5, 5.41) is 0. The Morgan fingerprint density at radius 2 is 1.84 bits per heavy atom. The monoisotopic (exact) mass is 319 g/mol. The highest BCUT2D eigenvalue weighted by Gasteiger charge is 2.23. The highest BCUT2D eigenvalue weighted by molar-refractivity contribution is 9.10. The van der Waals surface area contributed by atoms with E-state index in [2.05, 4.69) is 34.1 Å². The number of benzene rings is 2. The highest BCUT2D eigenvalue weighted by Crippen LogP contribution is 2.29. The topological polar surface area (TPSA) is 35.2 Å². The van der Waals surface area contributed by atoms with E-state index in [-0.39, 0.29) is 0 Å². The molecule has 0 aromatic heterocycles.